The molecule has 0 bridgehead atoms. The molecule has 2 aromatic rings. The fourth-order valence-electron chi connectivity index (χ4n) is 2.25. The van der Waals surface area contributed by atoms with E-state index in [1.807, 2.05) is 36.4 Å². The second-order valence-electron chi connectivity index (χ2n) is 5.19. The van der Waals surface area contributed by atoms with Crippen LogP contribution in [-0.2, 0) is 6.54 Å². The molecule has 0 aliphatic rings. The Bertz CT molecular complexity index is 628. The molecule has 0 saturated carbocycles. The van der Waals surface area contributed by atoms with Crippen LogP contribution in [0.15, 0.2) is 53.0 Å². The van der Waals surface area contributed by atoms with E-state index >= 15 is 0 Å². The van der Waals surface area contributed by atoms with E-state index in [1.165, 1.54) is 5.56 Å². The molecule has 0 radical (unpaired) electrons. The van der Waals surface area contributed by atoms with Gasteiger partial charge in [-0.3, -0.25) is 0 Å². The van der Waals surface area contributed by atoms with E-state index in [9.17, 15) is 0 Å². The minimum Gasteiger partial charge on any atom is -0.497 e. The van der Waals surface area contributed by atoms with E-state index < -0.39 is 0 Å². The number of methoxy groups -OCH3 is 1. The Kier molecular flexibility index (Phi) is 6.86. The van der Waals surface area contributed by atoms with Gasteiger partial charge in [-0.25, -0.2) is 0 Å². The van der Waals surface area contributed by atoms with Crippen LogP contribution in [0.4, 0.5) is 0 Å². The lowest BCUT2D eigenvalue weighted by Gasteiger charge is -2.20. The lowest BCUT2D eigenvalue weighted by molar-refractivity contribution is 0.414. The number of thiocarbonyl (C=S) groups is 1. The third-order valence-corrected chi connectivity index (χ3v) is 4.39. The minimum absolute atomic E-state index is 0.207. The van der Waals surface area contributed by atoms with Crippen molar-refractivity contribution in [2.75, 3.05) is 7.11 Å². The summed E-state index contributed by atoms with van der Waals surface area (Å²) >= 11 is 8.87. The summed E-state index contributed by atoms with van der Waals surface area (Å²) in [4.78, 5) is 0. The van der Waals surface area contributed by atoms with Gasteiger partial charge in [0.15, 0.2) is 5.11 Å². The van der Waals surface area contributed by atoms with E-state index in [0.717, 1.165) is 22.2 Å². The standard InChI is InChI=1S/C18H21BrN2OS/c1-3-17(14-6-8-15(19)9-7-14)21-18(23)20-12-13-4-10-16(22-2)11-5-13/h4-11,17H,3,12H2,1-2H3,(H2,20,21,23)/t17-/m1/s1. The van der Waals surface area contributed by atoms with Gasteiger partial charge in [0, 0.05) is 11.0 Å². The number of benzene rings is 2. The van der Waals surface area contributed by atoms with E-state index in [-0.39, 0.29) is 6.04 Å². The van der Waals surface area contributed by atoms with Gasteiger partial charge in [-0.15, -0.1) is 0 Å². The normalized spacial score (nSPS) is 11.6. The molecule has 3 nitrogen and oxygen atoms in total. The van der Waals surface area contributed by atoms with Crippen LogP contribution in [0.2, 0.25) is 0 Å². The first-order valence-electron chi connectivity index (χ1n) is 7.55. The van der Waals surface area contributed by atoms with Crippen molar-refractivity contribution in [3.8, 4) is 5.75 Å². The fraction of sp³-hybridized carbons (Fsp3) is 0.278. The highest BCUT2D eigenvalue weighted by Crippen LogP contribution is 2.19. The number of ether oxygens (including phenoxy) is 1. The molecule has 0 aromatic heterocycles. The molecule has 0 aliphatic heterocycles. The van der Waals surface area contributed by atoms with Crippen molar-refractivity contribution in [3.05, 3.63) is 64.1 Å². The van der Waals surface area contributed by atoms with Crippen molar-refractivity contribution in [2.24, 2.45) is 0 Å². The van der Waals surface area contributed by atoms with Crippen LogP contribution in [0, 0.1) is 0 Å². The monoisotopic (exact) mass is 392 g/mol. The molecule has 0 heterocycles. The first kappa shape index (κ1) is 17.8. The topological polar surface area (TPSA) is 33.3 Å². The third-order valence-electron chi connectivity index (χ3n) is 3.60. The molecule has 0 aliphatic carbocycles. The van der Waals surface area contributed by atoms with E-state index in [1.54, 1.807) is 7.11 Å². The molecule has 122 valence electrons. The van der Waals surface area contributed by atoms with Gasteiger partial charge >= 0.3 is 0 Å². The lowest BCUT2D eigenvalue weighted by atomic mass is 10.1. The van der Waals surface area contributed by atoms with Crippen molar-refractivity contribution in [1.29, 1.82) is 0 Å². The maximum absolute atomic E-state index is 5.41. The minimum atomic E-state index is 0.207. The molecular formula is C18H21BrN2OS. The predicted molar refractivity (Wildman–Crippen MR) is 103 cm³/mol. The van der Waals surface area contributed by atoms with E-state index in [4.69, 9.17) is 17.0 Å². The zero-order valence-corrected chi connectivity index (χ0v) is 15.7. The van der Waals surface area contributed by atoms with Gasteiger partial charge < -0.3 is 15.4 Å². The molecule has 23 heavy (non-hydrogen) atoms. The maximum atomic E-state index is 5.41. The average molecular weight is 393 g/mol. The summed E-state index contributed by atoms with van der Waals surface area (Å²) in [6, 6.07) is 16.5. The Morgan fingerprint density at radius 2 is 1.78 bits per heavy atom. The van der Waals surface area contributed by atoms with Crippen LogP contribution in [-0.4, -0.2) is 12.2 Å². The lowest BCUT2D eigenvalue weighted by Crippen LogP contribution is -2.37. The average Bonchev–Trinajstić information content (AvgIpc) is 2.59. The maximum Gasteiger partial charge on any atom is 0.167 e. The molecule has 0 saturated heterocycles. The summed E-state index contributed by atoms with van der Waals surface area (Å²) in [5.41, 5.74) is 2.39. The summed E-state index contributed by atoms with van der Waals surface area (Å²) in [5, 5.41) is 7.29. The molecule has 0 spiro atoms. The van der Waals surface area contributed by atoms with Crippen LogP contribution < -0.4 is 15.4 Å². The van der Waals surface area contributed by atoms with Crippen LogP contribution in [0.25, 0.3) is 0 Å². The quantitative estimate of drug-likeness (QED) is 0.705. The van der Waals surface area contributed by atoms with Gasteiger partial charge in [0.1, 0.15) is 5.75 Å². The van der Waals surface area contributed by atoms with Gasteiger partial charge in [-0.05, 0) is 54.0 Å². The van der Waals surface area contributed by atoms with Crippen LogP contribution in [0.1, 0.15) is 30.5 Å². The Morgan fingerprint density at radius 3 is 2.35 bits per heavy atom. The Balaban J connectivity index is 1.88. The molecule has 2 rings (SSSR count). The molecule has 1 atom stereocenters. The number of hydrogen-bond acceptors (Lipinski definition) is 2. The molecular weight excluding hydrogens is 372 g/mol. The summed E-state index contributed by atoms with van der Waals surface area (Å²) in [7, 11) is 1.67. The number of nitrogens with one attached hydrogen (secondary N) is 2. The van der Waals surface area contributed by atoms with Gasteiger partial charge in [0.05, 0.1) is 13.2 Å². The van der Waals surface area contributed by atoms with Crippen LogP contribution in [0.5, 0.6) is 5.75 Å². The first-order chi connectivity index (χ1) is 11.1. The van der Waals surface area contributed by atoms with Crippen LogP contribution >= 0.6 is 28.1 Å². The van der Waals surface area contributed by atoms with Crippen molar-refractivity contribution >= 4 is 33.3 Å². The van der Waals surface area contributed by atoms with Crippen molar-refractivity contribution in [3.63, 3.8) is 0 Å². The highest BCUT2D eigenvalue weighted by Gasteiger charge is 2.10. The predicted octanol–water partition coefficient (Wildman–Crippen LogP) is 4.57. The highest BCUT2D eigenvalue weighted by molar-refractivity contribution is 9.10. The van der Waals surface area contributed by atoms with E-state index in [0.29, 0.717) is 11.7 Å². The van der Waals surface area contributed by atoms with Crippen molar-refractivity contribution in [2.45, 2.75) is 25.9 Å². The Hall–Kier alpha value is -1.59. The van der Waals surface area contributed by atoms with Crippen molar-refractivity contribution in [1.82, 2.24) is 10.6 Å². The molecule has 0 fully saturated rings. The summed E-state index contributed by atoms with van der Waals surface area (Å²) in [6.07, 6.45) is 0.964. The third kappa shape index (κ3) is 5.52. The molecule has 2 aromatic carbocycles. The molecule has 5 heteroatoms. The van der Waals surface area contributed by atoms with Crippen molar-refractivity contribution < 1.29 is 4.74 Å². The number of rotatable bonds is 6. The zero-order chi connectivity index (χ0) is 16.7. The van der Waals surface area contributed by atoms with Gasteiger partial charge in [0.25, 0.3) is 0 Å². The Morgan fingerprint density at radius 1 is 1.13 bits per heavy atom. The zero-order valence-electron chi connectivity index (χ0n) is 13.3. The van der Waals surface area contributed by atoms with Gasteiger partial charge in [0.2, 0.25) is 0 Å². The van der Waals surface area contributed by atoms with E-state index in [2.05, 4.69) is 45.6 Å². The fourth-order valence-corrected chi connectivity index (χ4v) is 2.73. The summed E-state index contributed by atoms with van der Waals surface area (Å²) in [6.45, 7) is 2.83. The smallest absolute Gasteiger partial charge is 0.167 e. The van der Waals surface area contributed by atoms with Crippen LogP contribution in [0.3, 0.4) is 0 Å². The second-order valence-corrected chi connectivity index (χ2v) is 6.51. The molecule has 0 unspecified atom stereocenters. The second kappa shape index (κ2) is 8.89. The van der Waals surface area contributed by atoms with Gasteiger partial charge in [-0.2, -0.15) is 0 Å². The summed E-state index contributed by atoms with van der Waals surface area (Å²) in [5.74, 6) is 0.857. The van der Waals surface area contributed by atoms with Gasteiger partial charge in [-0.1, -0.05) is 47.1 Å². The SMILES string of the molecule is CC[C@@H](NC(=S)NCc1ccc(OC)cc1)c1ccc(Br)cc1. The molecule has 2 N–H and O–H groups in total. The number of halogens is 1. The largest absolute Gasteiger partial charge is 0.497 e. The summed E-state index contributed by atoms with van der Waals surface area (Å²) < 4.78 is 6.24. The first-order valence-corrected chi connectivity index (χ1v) is 8.75. The molecule has 0 amide bonds. The Labute approximate surface area is 151 Å². The highest BCUT2D eigenvalue weighted by atomic mass is 79.9. The number of hydrogen-bond donors (Lipinski definition) is 2.